The molecule has 1 aliphatic rings. The maximum atomic E-state index is 12.5. The van der Waals surface area contributed by atoms with Crippen molar-refractivity contribution in [2.75, 3.05) is 44.2 Å². The predicted octanol–water partition coefficient (Wildman–Crippen LogP) is 3.37. The van der Waals surface area contributed by atoms with Crippen molar-refractivity contribution in [1.82, 2.24) is 15.2 Å². The molecule has 0 radical (unpaired) electrons. The number of benzene rings is 2. The van der Waals surface area contributed by atoms with E-state index in [-0.39, 0.29) is 16.5 Å². The largest absolute Gasteiger partial charge is 0.351 e. The van der Waals surface area contributed by atoms with Crippen molar-refractivity contribution in [3.8, 4) is 0 Å². The van der Waals surface area contributed by atoms with Crippen LogP contribution in [-0.4, -0.2) is 60.0 Å². The molecule has 9 heteroatoms. The number of aromatic nitrogens is 1. The summed E-state index contributed by atoms with van der Waals surface area (Å²) in [5.74, 6) is -0.0246. The number of rotatable bonds is 6. The molecule has 1 saturated heterocycles. The first-order chi connectivity index (χ1) is 14.9. The number of carbonyl (C=O) groups is 1. The van der Waals surface area contributed by atoms with E-state index in [4.69, 9.17) is 0 Å². The zero-order valence-corrected chi connectivity index (χ0v) is 18.4. The number of amides is 1. The SMILES string of the molecule is Cc1ccc(C)c(C(=O)NCCN2CCN(c3nc4ccc([N+](=O)[O-])cc4s3)CC2)c1. The third-order valence-electron chi connectivity index (χ3n) is 5.57. The number of nitrogens with zero attached hydrogens (tertiary/aromatic N) is 4. The molecule has 162 valence electrons. The smallest absolute Gasteiger partial charge is 0.270 e. The third kappa shape index (κ3) is 4.83. The lowest BCUT2D eigenvalue weighted by Gasteiger charge is -2.34. The molecule has 0 atom stereocenters. The van der Waals surface area contributed by atoms with Crippen molar-refractivity contribution in [1.29, 1.82) is 0 Å². The number of carbonyl (C=O) groups excluding carboxylic acids is 1. The van der Waals surface area contributed by atoms with Crippen LogP contribution in [0.5, 0.6) is 0 Å². The summed E-state index contributed by atoms with van der Waals surface area (Å²) in [6.45, 7) is 8.80. The van der Waals surface area contributed by atoms with Crippen molar-refractivity contribution >= 4 is 38.3 Å². The van der Waals surface area contributed by atoms with E-state index in [1.807, 2.05) is 32.0 Å². The molecule has 0 bridgehead atoms. The number of nitro benzene ring substituents is 1. The van der Waals surface area contributed by atoms with Gasteiger partial charge in [0.05, 0.1) is 15.1 Å². The lowest BCUT2D eigenvalue weighted by atomic mass is 10.1. The summed E-state index contributed by atoms with van der Waals surface area (Å²) in [6, 6.07) is 10.7. The number of hydrogen-bond acceptors (Lipinski definition) is 7. The van der Waals surface area contributed by atoms with Crippen molar-refractivity contribution in [3.63, 3.8) is 0 Å². The highest BCUT2D eigenvalue weighted by molar-refractivity contribution is 7.22. The number of aryl methyl sites for hydroxylation is 2. The molecule has 4 rings (SSSR count). The van der Waals surface area contributed by atoms with Gasteiger partial charge in [-0.3, -0.25) is 19.8 Å². The van der Waals surface area contributed by atoms with E-state index in [9.17, 15) is 14.9 Å². The Kier molecular flexibility index (Phi) is 6.15. The van der Waals surface area contributed by atoms with Gasteiger partial charge in [-0.05, 0) is 31.5 Å². The van der Waals surface area contributed by atoms with E-state index >= 15 is 0 Å². The van der Waals surface area contributed by atoms with Gasteiger partial charge in [0.2, 0.25) is 0 Å². The lowest BCUT2D eigenvalue weighted by molar-refractivity contribution is -0.384. The minimum absolute atomic E-state index is 0.0246. The molecular weight excluding hydrogens is 414 g/mol. The molecule has 0 unspecified atom stereocenters. The number of anilines is 1. The van der Waals surface area contributed by atoms with E-state index in [0.717, 1.165) is 64.8 Å². The number of piperazine rings is 1. The van der Waals surface area contributed by atoms with E-state index in [2.05, 4.69) is 20.1 Å². The number of nitrogens with one attached hydrogen (secondary N) is 1. The molecule has 1 aliphatic heterocycles. The number of hydrogen-bond donors (Lipinski definition) is 1. The minimum Gasteiger partial charge on any atom is -0.351 e. The number of thiazole rings is 1. The van der Waals surface area contributed by atoms with Crippen molar-refractivity contribution in [2.45, 2.75) is 13.8 Å². The first-order valence-corrected chi connectivity index (χ1v) is 11.1. The summed E-state index contributed by atoms with van der Waals surface area (Å²) in [6.07, 6.45) is 0. The third-order valence-corrected chi connectivity index (χ3v) is 6.64. The Morgan fingerprint density at radius 2 is 1.94 bits per heavy atom. The van der Waals surface area contributed by atoms with Gasteiger partial charge in [0, 0.05) is 57.0 Å². The molecular formula is C22H25N5O3S. The van der Waals surface area contributed by atoms with Crippen molar-refractivity contribution < 1.29 is 9.72 Å². The Morgan fingerprint density at radius 1 is 1.16 bits per heavy atom. The monoisotopic (exact) mass is 439 g/mol. The first-order valence-electron chi connectivity index (χ1n) is 10.3. The summed E-state index contributed by atoms with van der Waals surface area (Å²) in [7, 11) is 0. The number of non-ortho nitro benzene ring substituents is 1. The molecule has 1 amide bonds. The highest BCUT2D eigenvalue weighted by Gasteiger charge is 2.20. The lowest BCUT2D eigenvalue weighted by Crippen LogP contribution is -2.48. The van der Waals surface area contributed by atoms with Crippen LogP contribution in [0.25, 0.3) is 10.2 Å². The maximum Gasteiger partial charge on any atom is 0.270 e. The number of nitro groups is 1. The fourth-order valence-corrected chi connectivity index (χ4v) is 4.77. The van der Waals surface area contributed by atoms with Crippen LogP contribution in [0.4, 0.5) is 10.8 Å². The quantitative estimate of drug-likeness (QED) is 0.468. The summed E-state index contributed by atoms with van der Waals surface area (Å²) in [4.78, 5) is 32.3. The van der Waals surface area contributed by atoms with Gasteiger partial charge in [0.1, 0.15) is 0 Å². The molecule has 0 saturated carbocycles. The standard InChI is InChI=1S/C22H25N5O3S/c1-15-3-4-16(2)18(13-15)21(28)23-7-8-25-9-11-26(12-10-25)22-24-19-6-5-17(27(29)30)14-20(19)31-22/h3-6,13-14H,7-12H2,1-2H3,(H,23,28). The molecule has 2 aromatic carbocycles. The molecule has 8 nitrogen and oxygen atoms in total. The fraction of sp³-hybridized carbons (Fsp3) is 0.364. The van der Waals surface area contributed by atoms with E-state index < -0.39 is 0 Å². The molecule has 0 aliphatic carbocycles. The second-order valence-electron chi connectivity index (χ2n) is 7.81. The van der Waals surface area contributed by atoms with Crippen LogP contribution in [0.1, 0.15) is 21.5 Å². The van der Waals surface area contributed by atoms with Crippen molar-refractivity contribution in [3.05, 3.63) is 63.2 Å². The van der Waals surface area contributed by atoms with Gasteiger partial charge in [0.25, 0.3) is 11.6 Å². The molecule has 1 aromatic heterocycles. The summed E-state index contributed by atoms with van der Waals surface area (Å²) in [5.41, 5.74) is 3.69. The Balaban J connectivity index is 1.28. The molecule has 2 heterocycles. The van der Waals surface area contributed by atoms with Gasteiger partial charge in [-0.15, -0.1) is 0 Å². The van der Waals surface area contributed by atoms with E-state index in [0.29, 0.717) is 6.54 Å². The van der Waals surface area contributed by atoms with Crippen LogP contribution >= 0.6 is 11.3 Å². The number of fused-ring (bicyclic) bond motifs is 1. The van der Waals surface area contributed by atoms with Gasteiger partial charge < -0.3 is 10.2 Å². The van der Waals surface area contributed by atoms with Crippen LogP contribution in [-0.2, 0) is 0 Å². The van der Waals surface area contributed by atoms with Gasteiger partial charge in [-0.1, -0.05) is 29.0 Å². The summed E-state index contributed by atoms with van der Waals surface area (Å²) >= 11 is 1.49. The van der Waals surface area contributed by atoms with E-state index in [1.54, 1.807) is 12.1 Å². The zero-order valence-electron chi connectivity index (χ0n) is 17.6. The van der Waals surface area contributed by atoms with Gasteiger partial charge in [-0.25, -0.2) is 4.98 Å². The Hall–Kier alpha value is -3.04. The van der Waals surface area contributed by atoms with E-state index in [1.165, 1.54) is 17.4 Å². The van der Waals surface area contributed by atoms with Crippen LogP contribution in [0.2, 0.25) is 0 Å². The highest BCUT2D eigenvalue weighted by Crippen LogP contribution is 2.31. The van der Waals surface area contributed by atoms with Crippen LogP contribution in [0, 0.1) is 24.0 Å². The Bertz CT molecular complexity index is 1120. The first kappa shape index (κ1) is 21.2. The second-order valence-corrected chi connectivity index (χ2v) is 8.82. The average molecular weight is 440 g/mol. The van der Waals surface area contributed by atoms with Gasteiger partial charge in [0.15, 0.2) is 5.13 Å². The molecule has 31 heavy (non-hydrogen) atoms. The Morgan fingerprint density at radius 3 is 2.68 bits per heavy atom. The van der Waals surface area contributed by atoms with Gasteiger partial charge >= 0.3 is 0 Å². The predicted molar refractivity (Wildman–Crippen MR) is 123 cm³/mol. The molecule has 1 N–H and O–H groups in total. The fourth-order valence-electron chi connectivity index (χ4n) is 3.72. The maximum absolute atomic E-state index is 12.5. The average Bonchev–Trinajstić information content (AvgIpc) is 3.19. The zero-order chi connectivity index (χ0) is 22.0. The Labute approximate surface area is 184 Å². The summed E-state index contributed by atoms with van der Waals surface area (Å²) in [5, 5.41) is 14.9. The van der Waals surface area contributed by atoms with Crippen LogP contribution in [0.15, 0.2) is 36.4 Å². The second kappa shape index (κ2) is 8.99. The normalized spacial score (nSPS) is 14.7. The van der Waals surface area contributed by atoms with Crippen molar-refractivity contribution in [2.24, 2.45) is 0 Å². The topological polar surface area (TPSA) is 91.6 Å². The molecule has 0 spiro atoms. The van der Waals surface area contributed by atoms with Crippen LogP contribution in [0.3, 0.4) is 0 Å². The minimum atomic E-state index is -0.378. The molecule has 3 aromatic rings. The highest BCUT2D eigenvalue weighted by atomic mass is 32.1. The summed E-state index contributed by atoms with van der Waals surface area (Å²) < 4.78 is 0.834. The molecule has 1 fully saturated rings. The van der Waals surface area contributed by atoms with Gasteiger partial charge in [-0.2, -0.15) is 0 Å². The van der Waals surface area contributed by atoms with Crippen LogP contribution < -0.4 is 10.2 Å².